The maximum absolute atomic E-state index is 12.3. The molecule has 0 aliphatic rings. The first-order valence-electron chi connectivity index (χ1n) is 9.16. The molecular formula is C22H23N3O3. The van der Waals surface area contributed by atoms with Gasteiger partial charge in [-0.15, -0.1) is 10.2 Å². The van der Waals surface area contributed by atoms with E-state index >= 15 is 0 Å². The molecule has 1 heterocycles. The molecule has 144 valence electrons. The van der Waals surface area contributed by atoms with Gasteiger partial charge in [0.15, 0.2) is 11.5 Å². The number of ether oxygens (including phenoxy) is 2. The van der Waals surface area contributed by atoms with Crippen molar-refractivity contribution < 1.29 is 14.3 Å². The van der Waals surface area contributed by atoms with Crippen molar-refractivity contribution in [1.29, 1.82) is 0 Å². The molecule has 1 amide bonds. The number of benzene rings is 2. The maximum Gasteiger partial charge on any atom is 0.251 e. The molecule has 1 N–H and O–H groups in total. The molecule has 0 saturated heterocycles. The van der Waals surface area contributed by atoms with E-state index < -0.39 is 0 Å². The van der Waals surface area contributed by atoms with Gasteiger partial charge in [0.25, 0.3) is 5.91 Å². The van der Waals surface area contributed by atoms with Crippen molar-refractivity contribution in [2.45, 2.75) is 26.3 Å². The van der Waals surface area contributed by atoms with Gasteiger partial charge >= 0.3 is 0 Å². The summed E-state index contributed by atoms with van der Waals surface area (Å²) < 4.78 is 11.0. The minimum atomic E-state index is -0.0970. The van der Waals surface area contributed by atoms with Crippen molar-refractivity contribution in [1.82, 2.24) is 15.5 Å². The zero-order valence-corrected chi connectivity index (χ0v) is 16.2. The Kier molecular flexibility index (Phi) is 6.22. The first kappa shape index (κ1) is 19.4. The second-order valence-corrected chi connectivity index (χ2v) is 6.37. The summed E-state index contributed by atoms with van der Waals surface area (Å²) in [5.41, 5.74) is 2.06. The van der Waals surface area contributed by atoms with Crippen molar-refractivity contribution in [2.24, 2.45) is 0 Å². The molecule has 0 bridgehead atoms. The number of methoxy groups -OCH3 is 1. The summed E-state index contributed by atoms with van der Waals surface area (Å²) in [6, 6.07) is 18.3. The van der Waals surface area contributed by atoms with Gasteiger partial charge in [-0.2, -0.15) is 0 Å². The number of aromatic nitrogens is 2. The van der Waals surface area contributed by atoms with Gasteiger partial charge in [-0.25, -0.2) is 0 Å². The van der Waals surface area contributed by atoms with Gasteiger partial charge in [0.05, 0.1) is 12.8 Å². The molecule has 1 atom stereocenters. The van der Waals surface area contributed by atoms with Gasteiger partial charge in [0.2, 0.25) is 5.88 Å². The van der Waals surface area contributed by atoms with Gasteiger partial charge in [0, 0.05) is 23.2 Å². The predicted octanol–water partition coefficient (Wildman–Crippen LogP) is 4.47. The molecule has 28 heavy (non-hydrogen) atoms. The summed E-state index contributed by atoms with van der Waals surface area (Å²) >= 11 is 0. The molecule has 1 aromatic heterocycles. The van der Waals surface area contributed by atoms with Crippen LogP contribution in [-0.2, 0) is 0 Å². The van der Waals surface area contributed by atoms with Crippen LogP contribution < -0.4 is 14.8 Å². The molecular weight excluding hydrogens is 354 g/mol. The lowest BCUT2D eigenvalue weighted by molar-refractivity contribution is 0.0939. The van der Waals surface area contributed by atoms with E-state index in [2.05, 4.69) is 15.5 Å². The SMILES string of the molecule is CC[C@H](C)NC(=O)c1cccc(-c2ccc(Oc3ccccc3OC)nn2)c1. The quantitative estimate of drug-likeness (QED) is 0.657. The predicted molar refractivity (Wildman–Crippen MR) is 108 cm³/mol. The molecule has 0 unspecified atom stereocenters. The van der Waals surface area contributed by atoms with Crippen LogP contribution in [0.3, 0.4) is 0 Å². The third-order valence-corrected chi connectivity index (χ3v) is 4.33. The number of carbonyl (C=O) groups excluding carboxylic acids is 1. The maximum atomic E-state index is 12.3. The highest BCUT2D eigenvalue weighted by molar-refractivity contribution is 5.95. The Labute approximate surface area is 164 Å². The van der Waals surface area contributed by atoms with Gasteiger partial charge < -0.3 is 14.8 Å². The van der Waals surface area contributed by atoms with Crippen LogP contribution in [0.1, 0.15) is 30.6 Å². The van der Waals surface area contributed by atoms with E-state index in [4.69, 9.17) is 9.47 Å². The van der Waals surface area contributed by atoms with Crippen LogP contribution in [-0.4, -0.2) is 29.3 Å². The second-order valence-electron chi connectivity index (χ2n) is 6.37. The Morgan fingerprint density at radius 1 is 1.04 bits per heavy atom. The highest BCUT2D eigenvalue weighted by Crippen LogP contribution is 2.30. The Bertz CT molecular complexity index is 942. The molecule has 0 radical (unpaired) electrons. The second kappa shape index (κ2) is 8.99. The summed E-state index contributed by atoms with van der Waals surface area (Å²) in [5, 5.41) is 11.3. The van der Waals surface area contributed by atoms with Crippen LogP contribution in [0.15, 0.2) is 60.7 Å². The smallest absolute Gasteiger partial charge is 0.251 e. The number of amides is 1. The topological polar surface area (TPSA) is 73.3 Å². The molecule has 0 spiro atoms. The number of nitrogens with zero attached hydrogens (tertiary/aromatic N) is 2. The van der Waals surface area contributed by atoms with Gasteiger partial charge in [0.1, 0.15) is 0 Å². The van der Waals surface area contributed by atoms with E-state index in [0.29, 0.717) is 28.6 Å². The molecule has 0 aliphatic carbocycles. The minimum absolute atomic E-state index is 0.0970. The molecule has 3 rings (SSSR count). The number of para-hydroxylation sites is 2. The summed E-state index contributed by atoms with van der Waals surface area (Å²) in [6.45, 7) is 4.01. The number of hydrogen-bond donors (Lipinski definition) is 1. The molecule has 3 aromatic rings. The first-order chi connectivity index (χ1) is 13.6. The third-order valence-electron chi connectivity index (χ3n) is 4.33. The number of carbonyl (C=O) groups is 1. The lowest BCUT2D eigenvalue weighted by Crippen LogP contribution is -2.31. The molecule has 0 aliphatic heterocycles. The molecule has 0 saturated carbocycles. The van der Waals surface area contributed by atoms with E-state index in [1.54, 1.807) is 25.3 Å². The Balaban J connectivity index is 1.76. The van der Waals surface area contributed by atoms with E-state index in [9.17, 15) is 4.79 Å². The average molecular weight is 377 g/mol. The lowest BCUT2D eigenvalue weighted by atomic mass is 10.1. The molecule has 6 nitrogen and oxygen atoms in total. The van der Waals surface area contributed by atoms with E-state index in [-0.39, 0.29) is 11.9 Å². The standard InChI is InChI=1S/C22H23N3O3/c1-4-15(2)23-22(26)17-9-7-8-16(14-17)18-12-13-21(25-24-18)28-20-11-6-5-10-19(20)27-3/h5-15H,4H2,1-3H3,(H,23,26)/t15-/m0/s1. The Hall–Kier alpha value is -3.41. The fraction of sp³-hybridized carbons (Fsp3) is 0.227. The zero-order valence-electron chi connectivity index (χ0n) is 16.2. The molecule has 6 heteroatoms. The van der Waals surface area contributed by atoms with Gasteiger partial charge in [-0.1, -0.05) is 31.2 Å². The van der Waals surface area contributed by atoms with Crippen molar-refractivity contribution in [3.8, 4) is 28.6 Å². The zero-order chi connectivity index (χ0) is 19.9. The van der Waals surface area contributed by atoms with Crippen molar-refractivity contribution in [2.75, 3.05) is 7.11 Å². The van der Waals surface area contributed by atoms with Crippen molar-refractivity contribution in [3.63, 3.8) is 0 Å². The third kappa shape index (κ3) is 4.65. The fourth-order valence-corrected chi connectivity index (χ4v) is 2.57. The lowest BCUT2D eigenvalue weighted by Gasteiger charge is -2.12. The van der Waals surface area contributed by atoms with Crippen LogP contribution in [0.2, 0.25) is 0 Å². The average Bonchev–Trinajstić information content (AvgIpc) is 2.74. The summed E-state index contributed by atoms with van der Waals surface area (Å²) in [7, 11) is 1.58. The Morgan fingerprint density at radius 2 is 1.82 bits per heavy atom. The van der Waals surface area contributed by atoms with E-state index in [0.717, 1.165) is 12.0 Å². The normalized spacial score (nSPS) is 11.5. The highest BCUT2D eigenvalue weighted by Gasteiger charge is 2.11. The molecule has 2 aromatic carbocycles. The molecule has 0 fully saturated rings. The first-order valence-corrected chi connectivity index (χ1v) is 9.16. The van der Waals surface area contributed by atoms with Crippen LogP contribution >= 0.6 is 0 Å². The largest absolute Gasteiger partial charge is 0.493 e. The summed E-state index contributed by atoms with van der Waals surface area (Å²) in [5.74, 6) is 1.45. The van der Waals surface area contributed by atoms with E-state index in [1.165, 1.54) is 0 Å². The van der Waals surface area contributed by atoms with Crippen LogP contribution in [0, 0.1) is 0 Å². The monoisotopic (exact) mass is 377 g/mol. The highest BCUT2D eigenvalue weighted by atomic mass is 16.5. The van der Waals surface area contributed by atoms with Crippen LogP contribution in [0.5, 0.6) is 17.4 Å². The number of hydrogen-bond acceptors (Lipinski definition) is 5. The summed E-state index contributed by atoms with van der Waals surface area (Å²) in [4.78, 5) is 12.3. The van der Waals surface area contributed by atoms with Crippen molar-refractivity contribution in [3.05, 3.63) is 66.2 Å². The number of rotatable bonds is 7. The van der Waals surface area contributed by atoms with Crippen LogP contribution in [0.25, 0.3) is 11.3 Å². The number of nitrogens with one attached hydrogen (secondary N) is 1. The fourth-order valence-electron chi connectivity index (χ4n) is 2.57. The van der Waals surface area contributed by atoms with Crippen molar-refractivity contribution >= 4 is 5.91 Å². The summed E-state index contributed by atoms with van der Waals surface area (Å²) in [6.07, 6.45) is 0.880. The van der Waals surface area contributed by atoms with E-state index in [1.807, 2.05) is 56.3 Å². The van der Waals surface area contributed by atoms with Gasteiger partial charge in [-0.05, 0) is 43.7 Å². The minimum Gasteiger partial charge on any atom is -0.493 e. The van der Waals surface area contributed by atoms with Gasteiger partial charge in [-0.3, -0.25) is 4.79 Å². The Morgan fingerprint density at radius 3 is 2.50 bits per heavy atom. The van der Waals surface area contributed by atoms with Crippen LogP contribution in [0.4, 0.5) is 0 Å².